The molecule has 2 rings (SSSR count). The lowest BCUT2D eigenvalue weighted by atomic mass is 10.2. The van der Waals surface area contributed by atoms with Crippen molar-refractivity contribution in [2.24, 2.45) is 0 Å². The second-order valence-corrected chi connectivity index (χ2v) is 4.92. The third kappa shape index (κ3) is 3.35. The number of nitrogens with zero attached hydrogens (tertiary/aromatic N) is 1. The van der Waals surface area contributed by atoms with Gasteiger partial charge in [-0.2, -0.15) is 8.78 Å². The van der Waals surface area contributed by atoms with E-state index in [-0.39, 0.29) is 0 Å². The Morgan fingerprint density at radius 2 is 2.00 bits per heavy atom. The van der Waals surface area contributed by atoms with Crippen LogP contribution in [0.5, 0.6) is 0 Å². The summed E-state index contributed by atoms with van der Waals surface area (Å²) in [5.74, 6) is -1.99. The Hall–Kier alpha value is -1.82. The highest BCUT2D eigenvalue weighted by atomic mass is 32.2. The Morgan fingerprint density at radius 3 is 2.74 bits per heavy atom. The van der Waals surface area contributed by atoms with Crippen molar-refractivity contribution in [3.8, 4) is 0 Å². The number of para-hydroxylation sites is 1. The molecular formula is C13H13F2N3S. The van der Waals surface area contributed by atoms with Gasteiger partial charge in [-0.3, -0.25) is 0 Å². The lowest BCUT2D eigenvalue weighted by Crippen LogP contribution is -2.01. The third-order valence-corrected chi connectivity index (χ3v) is 3.35. The number of hydrogen-bond acceptors (Lipinski definition) is 4. The van der Waals surface area contributed by atoms with Crippen LogP contribution in [0, 0.1) is 6.92 Å². The summed E-state index contributed by atoms with van der Waals surface area (Å²) in [5.41, 5.74) is 7.87. The molecule has 0 saturated carbocycles. The summed E-state index contributed by atoms with van der Waals surface area (Å²) >= 11 is 0.490. The highest BCUT2D eigenvalue weighted by Gasteiger charge is 2.11. The molecule has 2 aromatic rings. The Labute approximate surface area is 114 Å². The van der Waals surface area contributed by atoms with E-state index in [1.165, 1.54) is 0 Å². The van der Waals surface area contributed by atoms with Crippen molar-refractivity contribution in [1.29, 1.82) is 0 Å². The van der Waals surface area contributed by atoms with Crippen molar-refractivity contribution in [3.05, 3.63) is 42.1 Å². The van der Waals surface area contributed by atoms with Crippen molar-refractivity contribution >= 4 is 29.0 Å². The number of rotatable bonds is 4. The van der Waals surface area contributed by atoms with Crippen LogP contribution in [-0.2, 0) is 0 Å². The Bertz CT molecular complexity index is 576. The van der Waals surface area contributed by atoms with Crippen LogP contribution in [0.15, 0.2) is 41.4 Å². The number of pyridine rings is 1. The van der Waals surface area contributed by atoms with Crippen LogP contribution < -0.4 is 11.1 Å². The molecule has 1 aromatic heterocycles. The summed E-state index contributed by atoms with van der Waals surface area (Å²) in [6.07, 6.45) is 1.62. The molecule has 0 amide bonds. The molecule has 0 atom stereocenters. The number of nitrogens with two attached hydrogens (primary N) is 1. The molecule has 0 aliphatic heterocycles. The quantitative estimate of drug-likeness (QED) is 0.831. The van der Waals surface area contributed by atoms with Crippen molar-refractivity contribution in [1.82, 2.24) is 4.98 Å². The Balaban J connectivity index is 2.30. The zero-order chi connectivity index (χ0) is 13.8. The number of aromatic nitrogens is 1. The van der Waals surface area contributed by atoms with Gasteiger partial charge in [0.15, 0.2) is 5.82 Å². The molecule has 6 heteroatoms. The number of benzene rings is 1. The van der Waals surface area contributed by atoms with E-state index in [4.69, 9.17) is 5.73 Å². The van der Waals surface area contributed by atoms with Crippen molar-refractivity contribution in [3.63, 3.8) is 0 Å². The SMILES string of the molecule is Cc1ccnc(Nc2ccccc2SC(F)F)c1N. The van der Waals surface area contributed by atoms with E-state index in [0.717, 1.165) is 5.56 Å². The second-order valence-electron chi connectivity index (χ2n) is 3.89. The van der Waals surface area contributed by atoms with Crippen LogP contribution >= 0.6 is 11.8 Å². The van der Waals surface area contributed by atoms with Gasteiger partial charge in [0, 0.05) is 11.1 Å². The molecule has 1 aromatic carbocycles. The molecule has 0 spiro atoms. The summed E-state index contributed by atoms with van der Waals surface area (Å²) in [5, 5.41) is 3.00. The number of anilines is 3. The third-order valence-electron chi connectivity index (χ3n) is 2.56. The van der Waals surface area contributed by atoms with Crippen LogP contribution in [-0.4, -0.2) is 10.7 Å². The number of nitrogen functional groups attached to an aromatic ring is 1. The van der Waals surface area contributed by atoms with Gasteiger partial charge in [-0.25, -0.2) is 4.98 Å². The number of halogens is 2. The van der Waals surface area contributed by atoms with E-state index in [1.807, 2.05) is 6.92 Å². The fourth-order valence-corrected chi connectivity index (χ4v) is 2.16. The zero-order valence-electron chi connectivity index (χ0n) is 10.2. The van der Waals surface area contributed by atoms with Crippen LogP contribution in [0.4, 0.5) is 26.0 Å². The molecule has 0 aliphatic carbocycles. The molecule has 0 saturated heterocycles. The van der Waals surface area contributed by atoms with E-state index >= 15 is 0 Å². The first-order valence-electron chi connectivity index (χ1n) is 5.60. The molecule has 0 bridgehead atoms. The van der Waals surface area contributed by atoms with Crippen LogP contribution in [0.1, 0.15) is 5.56 Å². The number of hydrogen-bond donors (Lipinski definition) is 2. The average molecular weight is 281 g/mol. The van der Waals surface area contributed by atoms with Gasteiger partial charge in [-0.15, -0.1) is 0 Å². The lowest BCUT2D eigenvalue weighted by molar-refractivity contribution is 0.252. The van der Waals surface area contributed by atoms with Gasteiger partial charge in [-0.1, -0.05) is 23.9 Å². The molecule has 0 aliphatic rings. The molecule has 0 unspecified atom stereocenters. The second kappa shape index (κ2) is 5.88. The Morgan fingerprint density at radius 1 is 1.26 bits per heavy atom. The van der Waals surface area contributed by atoms with Gasteiger partial charge in [0.05, 0.1) is 11.4 Å². The number of aryl methyl sites for hydroxylation is 1. The predicted octanol–water partition coefficient (Wildman–Crippen LogP) is 4.03. The number of thioether (sulfide) groups is 1. The molecule has 3 N–H and O–H groups in total. The van der Waals surface area contributed by atoms with Gasteiger partial charge in [0.1, 0.15) is 0 Å². The minimum absolute atomic E-state index is 0.459. The average Bonchev–Trinajstić information content (AvgIpc) is 2.36. The fourth-order valence-electron chi connectivity index (χ4n) is 1.57. The van der Waals surface area contributed by atoms with Gasteiger partial charge in [0.2, 0.25) is 0 Å². The first-order chi connectivity index (χ1) is 9.08. The molecule has 100 valence electrons. The van der Waals surface area contributed by atoms with Crippen LogP contribution in [0.2, 0.25) is 0 Å². The summed E-state index contributed by atoms with van der Waals surface area (Å²) in [7, 11) is 0. The largest absolute Gasteiger partial charge is 0.396 e. The maximum absolute atomic E-state index is 12.5. The van der Waals surface area contributed by atoms with Gasteiger partial charge >= 0.3 is 0 Å². The lowest BCUT2D eigenvalue weighted by Gasteiger charge is -2.13. The minimum Gasteiger partial charge on any atom is -0.396 e. The topological polar surface area (TPSA) is 50.9 Å². The molecule has 1 heterocycles. The Kier molecular flexibility index (Phi) is 4.21. The summed E-state index contributed by atoms with van der Waals surface area (Å²) in [6.45, 7) is 1.86. The summed E-state index contributed by atoms with van der Waals surface area (Å²) < 4.78 is 25.0. The standard InChI is InChI=1S/C13H13F2N3S/c1-8-6-7-17-12(11(8)16)18-9-4-2-3-5-10(9)19-13(14)15/h2-7,13H,16H2,1H3,(H,17,18). The van der Waals surface area contributed by atoms with Gasteiger partial charge in [-0.05, 0) is 30.7 Å². The van der Waals surface area contributed by atoms with Gasteiger partial charge < -0.3 is 11.1 Å². The molecular weight excluding hydrogens is 268 g/mol. The fraction of sp³-hybridized carbons (Fsp3) is 0.154. The van der Waals surface area contributed by atoms with Crippen LogP contribution in [0.25, 0.3) is 0 Å². The van der Waals surface area contributed by atoms with E-state index in [9.17, 15) is 8.78 Å². The first-order valence-corrected chi connectivity index (χ1v) is 6.48. The molecule has 3 nitrogen and oxygen atoms in total. The van der Waals surface area contributed by atoms with Gasteiger partial charge in [0.25, 0.3) is 5.76 Å². The van der Waals surface area contributed by atoms with Crippen LogP contribution in [0.3, 0.4) is 0 Å². The monoisotopic (exact) mass is 281 g/mol. The first kappa shape index (κ1) is 13.6. The highest BCUT2D eigenvalue weighted by Crippen LogP contribution is 2.34. The summed E-state index contributed by atoms with van der Waals surface area (Å²) in [4.78, 5) is 4.58. The maximum Gasteiger partial charge on any atom is 0.288 e. The van der Waals surface area contributed by atoms with E-state index < -0.39 is 5.76 Å². The maximum atomic E-state index is 12.5. The molecule has 19 heavy (non-hydrogen) atoms. The smallest absolute Gasteiger partial charge is 0.288 e. The summed E-state index contributed by atoms with van der Waals surface area (Å²) in [6, 6.07) is 8.62. The van der Waals surface area contributed by atoms with Crippen molar-refractivity contribution in [2.75, 3.05) is 11.1 Å². The number of nitrogens with one attached hydrogen (secondary N) is 1. The normalized spacial score (nSPS) is 10.7. The predicted molar refractivity (Wildman–Crippen MR) is 75.0 cm³/mol. The minimum atomic E-state index is -2.47. The zero-order valence-corrected chi connectivity index (χ0v) is 11.0. The number of alkyl halides is 2. The van der Waals surface area contributed by atoms with E-state index in [1.54, 1.807) is 36.5 Å². The van der Waals surface area contributed by atoms with E-state index in [0.29, 0.717) is 33.9 Å². The van der Waals surface area contributed by atoms with Crippen molar-refractivity contribution < 1.29 is 8.78 Å². The molecule has 0 fully saturated rings. The molecule has 0 radical (unpaired) electrons. The van der Waals surface area contributed by atoms with Crippen molar-refractivity contribution in [2.45, 2.75) is 17.6 Å². The van der Waals surface area contributed by atoms with E-state index in [2.05, 4.69) is 10.3 Å². The highest BCUT2D eigenvalue weighted by molar-refractivity contribution is 7.99.